The topological polar surface area (TPSA) is 39.7 Å². The molecular formula is C15H23NO3S. The van der Waals surface area contributed by atoms with Crippen LogP contribution in [0.25, 0.3) is 0 Å². The van der Waals surface area contributed by atoms with Gasteiger partial charge < -0.3 is 19.5 Å². The minimum absolute atomic E-state index is 0.257. The van der Waals surface area contributed by atoms with Crippen molar-refractivity contribution in [3.8, 4) is 17.2 Å². The number of methoxy groups -OCH3 is 3. The van der Waals surface area contributed by atoms with Crippen LogP contribution in [-0.2, 0) is 0 Å². The molecule has 0 aliphatic carbocycles. The van der Waals surface area contributed by atoms with E-state index in [1.54, 1.807) is 21.3 Å². The highest BCUT2D eigenvalue weighted by molar-refractivity contribution is 7.99. The van der Waals surface area contributed by atoms with Crippen molar-refractivity contribution in [1.82, 2.24) is 5.32 Å². The molecule has 112 valence electrons. The Balaban J connectivity index is 2.21. The fourth-order valence-corrected chi connectivity index (χ4v) is 3.63. The number of ether oxygens (including phenoxy) is 3. The summed E-state index contributed by atoms with van der Waals surface area (Å²) in [4.78, 5) is 0. The molecular weight excluding hydrogens is 274 g/mol. The maximum absolute atomic E-state index is 5.40. The largest absolute Gasteiger partial charge is 0.493 e. The zero-order valence-electron chi connectivity index (χ0n) is 12.6. The molecule has 5 heteroatoms. The lowest BCUT2D eigenvalue weighted by atomic mass is 10.1. The van der Waals surface area contributed by atoms with Gasteiger partial charge in [0, 0.05) is 17.8 Å². The van der Waals surface area contributed by atoms with Crippen molar-refractivity contribution in [2.24, 2.45) is 0 Å². The van der Waals surface area contributed by atoms with E-state index in [0.29, 0.717) is 23.3 Å². The van der Waals surface area contributed by atoms with E-state index in [-0.39, 0.29) is 6.04 Å². The van der Waals surface area contributed by atoms with Gasteiger partial charge in [-0.15, -0.1) is 0 Å². The summed E-state index contributed by atoms with van der Waals surface area (Å²) in [5.74, 6) is 4.49. The van der Waals surface area contributed by atoms with Crippen LogP contribution in [0, 0.1) is 0 Å². The lowest BCUT2D eigenvalue weighted by Crippen LogP contribution is -2.31. The number of benzene rings is 1. The van der Waals surface area contributed by atoms with E-state index in [9.17, 15) is 0 Å². The summed E-state index contributed by atoms with van der Waals surface area (Å²) in [6.45, 7) is 2.17. The number of hydrogen-bond donors (Lipinski definition) is 1. The van der Waals surface area contributed by atoms with Gasteiger partial charge in [0.25, 0.3) is 0 Å². The van der Waals surface area contributed by atoms with Gasteiger partial charge in [-0.05, 0) is 36.8 Å². The molecule has 1 aliphatic rings. The van der Waals surface area contributed by atoms with Crippen molar-refractivity contribution in [1.29, 1.82) is 0 Å². The summed E-state index contributed by atoms with van der Waals surface area (Å²) in [6, 6.07) is 4.88. The van der Waals surface area contributed by atoms with Crippen molar-refractivity contribution in [2.45, 2.75) is 25.4 Å². The molecule has 0 bridgehead atoms. The summed E-state index contributed by atoms with van der Waals surface area (Å²) in [7, 11) is 4.91. The van der Waals surface area contributed by atoms with Gasteiger partial charge in [-0.2, -0.15) is 11.8 Å². The maximum atomic E-state index is 5.40. The molecule has 2 atom stereocenters. The van der Waals surface area contributed by atoms with E-state index in [0.717, 1.165) is 5.56 Å². The van der Waals surface area contributed by atoms with Gasteiger partial charge in [0.05, 0.1) is 21.3 Å². The number of thioether (sulfide) groups is 1. The third-order valence-electron chi connectivity index (χ3n) is 3.60. The molecule has 1 fully saturated rings. The van der Waals surface area contributed by atoms with Crippen molar-refractivity contribution in [2.75, 3.05) is 32.8 Å². The predicted octanol–water partition coefficient (Wildman–Crippen LogP) is 2.87. The van der Waals surface area contributed by atoms with E-state index in [4.69, 9.17) is 14.2 Å². The highest BCUT2D eigenvalue weighted by Gasteiger charge is 2.20. The van der Waals surface area contributed by atoms with E-state index in [1.807, 2.05) is 23.9 Å². The normalized spacial score (nSPS) is 19.7. The Bertz CT molecular complexity index is 422. The molecule has 20 heavy (non-hydrogen) atoms. The fraction of sp³-hybridized carbons (Fsp3) is 0.600. The van der Waals surface area contributed by atoms with E-state index >= 15 is 0 Å². The zero-order valence-corrected chi connectivity index (χ0v) is 13.4. The highest BCUT2D eigenvalue weighted by atomic mass is 32.2. The molecule has 0 amide bonds. The Labute approximate surface area is 125 Å². The Morgan fingerprint density at radius 3 is 2.25 bits per heavy atom. The van der Waals surface area contributed by atoms with E-state index in [2.05, 4.69) is 12.2 Å². The standard InChI is InChI=1S/C15H23NO3S/c1-10(16-12-5-6-20-9-12)11-7-13(17-2)15(19-4)14(8-11)18-3/h7-8,10,12,16H,5-6,9H2,1-4H3. The summed E-state index contributed by atoms with van der Waals surface area (Å²) < 4.78 is 16.2. The van der Waals surface area contributed by atoms with Crippen LogP contribution in [0.4, 0.5) is 0 Å². The second-order valence-corrected chi connectivity index (χ2v) is 6.06. The van der Waals surface area contributed by atoms with Gasteiger partial charge in [0.1, 0.15) is 0 Å². The van der Waals surface area contributed by atoms with Gasteiger partial charge in [0.15, 0.2) is 11.5 Å². The molecule has 1 N–H and O–H groups in total. The molecule has 0 spiro atoms. The molecule has 2 unspecified atom stereocenters. The average molecular weight is 297 g/mol. The first-order valence-electron chi connectivity index (χ1n) is 6.83. The van der Waals surface area contributed by atoms with Crippen LogP contribution < -0.4 is 19.5 Å². The predicted molar refractivity (Wildman–Crippen MR) is 83.4 cm³/mol. The second kappa shape index (κ2) is 7.09. The van der Waals surface area contributed by atoms with Crippen LogP contribution >= 0.6 is 11.8 Å². The molecule has 0 saturated carbocycles. The van der Waals surface area contributed by atoms with Gasteiger partial charge in [-0.1, -0.05) is 0 Å². The Hall–Kier alpha value is -1.07. The SMILES string of the molecule is COc1cc(C(C)NC2CCSC2)cc(OC)c1OC. The second-order valence-electron chi connectivity index (χ2n) is 4.91. The molecule has 0 aromatic heterocycles. The van der Waals surface area contributed by atoms with Gasteiger partial charge in [-0.3, -0.25) is 0 Å². The quantitative estimate of drug-likeness (QED) is 0.874. The fourth-order valence-electron chi connectivity index (χ4n) is 2.47. The Morgan fingerprint density at radius 2 is 1.80 bits per heavy atom. The number of rotatable bonds is 6. The summed E-state index contributed by atoms with van der Waals surface area (Å²) in [5, 5.41) is 3.66. The Kier molecular flexibility index (Phi) is 5.43. The van der Waals surface area contributed by atoms with Crippen LogP contribution in [0.5, 0.6) is 17.2 Å². The van der Waals surface area contributed by atoms with Crippen molar-refractivity contribution >= 4 is 11.8 Å². The van der Waals surface area contributed by atoms with Crippen molar-refractivity contribution < 1.29 is 14.2 Å². The van der Waals surface area contributed by atoms with Gasteiger partial charge in [-0.25, -0.2) is 0 Å². The smallest absolute Gasteiger partial charge is 0.203 e. The first-order chi connectivity index (χ1) is 9.69. The average Bonchev–Trinajstić information content (AvgIpc) is 2.98. The van der Waals surface area contributed by atoms with Crippen molar-refractivity contribution in [3.63, 3.8) is 0 Å². The van der Waals surface area contributed by atoms with Crippen molar-refractivity contribution in [3.05, 3.63) is 17.7 Å². The molecule has 1 aliphatic heterocycles. The molecule has 0 radical (unpaired) electrons. The first-order valence-corrected chi connectivity index (χ1v) is 7.98. The van der Waals surface area contributed by atoms with Crippen LogP contribution in [0.3, 0.4) is 0 Å². The monoisotopic (exact) mass is 297 g/mol. The number of nitrogens with one attached hydrogen (secondary N) is 1. The summed E-state index contributed by atoms with van der Waals surface area (Å²) in [6.07, 6.45) is 1.24. The molecule has 4 nitrogen and oxygen atoms in total. The summed E-state index contributed by atoms with van der Waals surface area (Å²) >= 11 is 2.01. The van der Waals surface area contributed by atoms with Crippen LogP contribution in [0.1, 0.15) is 24.9 Å². The van der Waals surface area contributed by atoms with Crippen LogP contribution in [-0.4, -0.2) is 38.9 Å². The third-order valence-corrected chi connectivity index (χ3v) is 4.76. The zero-order chi connectivity index (χ0) is 14.5. The molecule has 1 aromatic carbocycles. The lowest BCUT2D eigenvalue weighted by molar-refractivity contribution is 0.323. The van der Waals surface area contributed by atoms with E-state index in [1.165, 1.54) is 17.9 Å². The van der Waals surface area contributed by atoms with Crippen LogP contribution in [0.15, 0.2) is 12.1 Å². The highest BCUT2D eigenvalue weighted by Crippen LogP contribution is 2.39. The van der Waals surface area contributed by atoms with Gasteiger partial charge in [0.2, 0.25) is 5.75 Å². The number of hydrogen-bond acceptors (Lipinski definition) is 5. The van der Waals surface area contributed by atoms with Crippen LogP contribution in [0.2, 0.25) is 0 Å². The molecule has 2 rings (SSSR count). The minimum atomic E-state index is 0.257. The minimum Gasteiger partial charge on any atom is -0.493 e. The van der Waals surface area contributed by atoms with Gasteiger partial charge >= 0.3 is 0 Å². The lowest BCUT2D eigenvalue weighted by Gasteiger charge is -2.21. The molecule has 1 heterocycles. The third kappa shape index (κ3) is 3.33. The summed E-state index contributed by atoms with van der Waals surface area (Å²) in [5.41, 5.74) is 1.15. The molecule has 1 aromatic rings. The Morgan fingerprint density at radius 1 is 1.15 bits per heavy atom. The molecule has 1 saturated heterocycles. The maximum Gasteiger partial charge on any atom is 0.203 e. The first kappa shape index (κ1) is 15.3. The van der Waals surface area contributed by atoms with E-state index < -0.39 is 0 Å².